The van der Waals surface area contributed by atoms with Gasteiger partial charge in [0.2, 0.25) is 0 Å². The van der Waals surface area contributed by atoms with E-state index in [4.69, 9.17) is 0 Å². The Labute approximate surface area is 90.0 Å². The molecular formula is C9H11BrFNO2. The quantitative estimate of drug-likeness (QED) is 0.823. The highest BCUT2D eigenvalue weighted by molar-refractivity contribution is 9.10. The predicted octanol–water partition coefficient (Wildman–Crippen LogP) is 2.25. The molecule has 0 aliphatic rings. The molecule has 1 aromatic carbocycles. The van der Waals surface area contributed by atoms with Gasteiger partial charge in [-0.1, -0.05) is 6.07 Å². The van der Waals surface area contributed by atoms with E-state index in [1.54, 1.807) is 13.0 Å². The highest BCUT2D eigenvalue weighted by Gasteiger charge is 2.13. The molecule has 14 heavy (non-hydrogen) atoms. The first kappa shape index (κ1) is 11.4. The van der Waals surface area contributed by atoms with E-state index in [-0.39, 0.29) is 12.3 Å². The van der Waals surface area contributed by atoms with Gasteiger partial charge in [0.1, 0.15) is 0 Å². The van der Waals surface area contributed by atoms with Crippen LogP contribution in [0, 0.1) is 12.7 Å². The molecule has 1 rings (SSSR count). The Hall–Kier alpha value is -0.650. The van der Waals surface area contributed by atoms with E-state index in [1.165, 1.54) is 7.11 Å². The summed E-state index contributed by atoms with van der Waals surface area (Å²) in [5.74, 6) is -0.995. The number of phenols is 1. The van der Waals surface area contributed by atoms with Crippen LogP contribution in [0.4, 0.5) is 4.39 Å². The van der Waals surface area contributed by atoms with E-state index in [0.29, 0.717) is 10.0 Å². The smallest absolute Gasteiger partial charge is 0.170 e. The number of hydrogen-bond acceptors (Lipinski definition) is 3. The van der Waals surface area contributed by atoms with Gasteiger partial charge in [0, 0.05) is 12.1 Å². The lowest BCUT2D eigenvalue weighted by atomic mass is 10.1. The summed E-state index contributed by atoms with van der Waals surface area (Å²) in [7, 11) is 1.45. The van der Waals surface area contributed by atoms with Gasteiger partial charge >= 0.3 is 0 Å². The van der Waals surface area contributed by atoms with Crippen molar-refractivity contribution in [2.24, 2.45) is 0 Å². The second kappa shape index (κ2) is 4.72. The Bertz CT molecular complexity index is 344. The first-order chi connectivity index (χ1) is 6.57. The van der Waals surface area contributed by atoms with Crippen LogP contribution in [0.1, 0.15) is 11.1 Å². The summed E-state index contributed by atoms with van der Waals surface area (Å²) in [6.45, 7) is 1.99. The zero-order chi connectivity index (χ0) is 10.7. The summed E-state index contributed by atoms with van der Waals surface area (Å²) in [4.78, 5) is 4.60. The third-order valence-electron chi connectivity index (χ3n) is 1.84. The van der Waals surface area contributed by atoms with Gasteiger partial charge in [-0.2, -0.15) is 5.48 Å². The van der Waals surface area contributed by atoms with Crippen molar-refractivity contribution in [1.29, 1.82) is 0 Å². The van der Waals surface area contributed by atoms with E-state index in [9.17, 15) is 9.50 Å². The molecule has 1 aromatic rings. The lowest BCUT2D eigenvalue weighted by Crippen LogP contribution is -2.12. The van der Waals surface area contributed by atoms with Crippen LogP contribution < -0.4 is 5.48 Å². The molecule has 0 amide bonds. The lowest BCUT2D eigenvalue weighted by molar-refractivity contribution is 0.0858. The molecule has 5 heteroatoms. The number of benzene rings is 1. The van der Waals surface area contributed by atoms with Gasteiger partial charge < -0.3 is 9.94 Å². The van der Waals surface area contributed by atoms with Crippen LogP contribution >= 0.6 is 15.9 Å². The summed E-state index contributed by atoms with van der Waals surface area (Å²) in [6, 6.07) is 1.64. The standard InChI is InChI=1S/C9H11BrFNO2/c1-5-3-6(4-12-14-2)8(11)9(13)7(5)10/h3,12-13H,4H2,1-2H3. The highest BCUT2D eigenvalue weighted by Crippen LogP contribution is 2.32. The average Bonchev–Trinajstić information content (AvgIpc) is 2.18. The molecule has 0 atom stereocenters. The Balaban J connectivity index is 3.06. The van der Waals surface area contributed by atoms with Gasteiger partial charge in [0.15, 0.2) is 11.6 Å². The molecule has 0 bridgehead atoms. The molecule has 2 N–H and O–H groups in total. The minimum atomic E-state index is -0.632. The van der Waals surface area contributed by atoms with Crippen molar-refractivity contribution in [3.63, 3.8) is 0 Å². The minimum Gasteiger partial charge on any atom is -0.504 e. The maximum absolute atomic E-state index is 13.4. The van der Waals surface area contributed by atoms with Gasteiger partial charge in [-0.25, -0.2) is 4.39 Å². The van der Waals surface area contributed by atoms with E-state index < -0.39 is 5.82 Å². The molecule has 0 aliphatic carbocycles. The molecular weight excluding hydrogens is 253 g/mol. The second-order valence-corrected chi connectivity index (χ2v) is 3.65. The largest absolute Gasteiger partial charge is 0.504 e. The van der Waals surface area contributed by atoms with Gasteiger partial charge in [-0.15, -0.1) is 0 Å². The van der Waals surface area contributed by atoms with Gasteiger partial charge in [0.25, 0.3) is 0 Å². The van der Waals surface area contributed by atoms with Crippen molar-refractivity contribution >= 4 is 15.9 Å². The Kier molecular flexibility index (Phi) is 3.86. The Morgan fingerprint density at radius 3 is 2.86 bits per heavy atom. The van der Waals surface area contributed by atoms with Crippen molar-refractivity contribution < 1.29 is 14.3 Å². The van der Waals surface area contributed by atoms with Crippen molar-refractivity contribution in [1.82, 2.24) is 5.48 Å². The van der Waals surface area contributed by atoms with E-state index >= 15 is 0 Å². The molecule has 0 saturated carbocycles. The van der Waals surface area contributed by atoms with Crippen LogP contribution in [0.3, 0.4) is 0 Å². The fourth-order valence-electron chi connectivity index (χ4n) is 1.10. The van der Waals surface area contributed by atoms with Crippen LogP contribution in [-0.2, 0) is 11.4 Å². The van der Waals surface area contributed by atoms with E-state index in [1.807, 2.05) is 0 Å². The number of nitrogens with one attached hydrogen (secondary N) is 1. The molecule has 0 saturated heterocycles. The Morgan fingerprint density at radius 1 is 1.64 bits per heavy atom. The normalized spacial score (nSPS) is 10.6. The van der Waals surface area contributed by atoms with Crippen molar-refractivity contribution in [3.05, 3.63) is 27.5 Å². The van der Waals surface area contributed by atoms with Crippen LogP contribution in [0.5, 0.6) is 5.75 Å². The van der Waals surface area contributed by atoms with Crippen molar-refractivity contribution in [2.45, 2.75) is 13.5 Å². The van der Waals surface area contributed by atoms with Crippen LogP contribution in [0.15, 0.2) is 10.5 Å². The number of rotatable bonds is 3. The zero-order valence-electron chi connectivity index (χ0n) is 7.90. The summed E-state index contributed by atoms with van der Waals surface area (Å²) in [5.41, 5.74) is 3.65. The van der Waals surface area contributed by atoms with Crippen LogP contribution in [0.25, 0.3) is 0 Å². The molecule has 78 valence electrons. The molecule has 0 radical (unpaired) electrons. The SMILES string of the molecule is CONCc1cc(C)c(Br)c(O)c1F. The minimum absolute atomic E-state index is 0.212. The number of halogens is 2. The molecule has 0 heterocycles. The average molecular weight is 264 g/mol. The Morgan fingerprint density at radius 2 is 2.29 bits per heavy atom. The van der Waals surface area contributed by atoms with Crippen molar-refractivity contribution in [2.75, 3.05) is 7.11 Å². The highest BCUT2D eigenvalue weighted by atomic mass is 79.9. The predicted molar refractivity (Wildman–Crippen MR) is 54.4 cm³/mol. The maximum Gasteiger partial charge on any atom is 0.170 e. The van der Waals surface area contributed by atoms with Crippen LogP contribution in [-0.4, -0.2) is 12.2 Å². The fourth-order valence-corrected chi connectivity index (χ4v) is 1.39. The number of aromatic hydroxyl groups is 1. The molecule has 0 unspecified atom stereocenters. The number of aryl methyl sites for hydroxylation is 1. The fraction of sp³-hybridized carbons (Fsp3) is 0.333. The summed E-state index contributed by atoms with van der Waals surface area (Å²) in [6.07, 6.45) is 0. The zero-order valence-corrected chi connectivity index (χ0v) is 9.48. The molecule has 0 aromatic heterocycles. The molecule has 0 spiro atoms. The van der Waals surface area contributed by atoms with Gasteiger partial charge in [0.05, 0.1) is 11.6 Å². The summed E-state index contributed by atoms with van der Waals surface area (Å²) < 4.78 is 13.8. The van der Waals surface area contributed by atoms with E-state index in [2.05, 4.69) is 26.2 Å². The second-order valence-electron chi connectivity index (χ2n) is 2.85. The number of hydroxylamine groups is 1. The summed E-state index contributed by atoms with van der Waals surface area (Å²) in [5, 5.41) is 9.38. The summed E-state index contributed by atoms with van der Waals surface area (Å²) >= 11 is 3.09. The molecule has 3 nitrogen and oxygen atoms in total. The molecule has 0 aliphatic heterocycles. The van der Waals surface area contributed by atoms with Gasteiger partial charge in [-0.3, -0.25) is 0 Å². The lowest BCUT2D eigenvalue weighted by Gasteiger charge is -2.09. The first-order valence-corrected chi connectivity index (χ1v) is 4.79. The van der Waals surface area contributed by atoms with Crippen LogP contribution in [0.2, 0.25) is 0 Å². The third-order valence-corrected chi connectivity index (χ3v) is 2.84. The molecule has 0 fully saturated rings. The first-order valence-electron chi connectivity index (χ1n) is 4.00. The monoisotopic (exact) mass is 263 g/mol. The van der Waals surface area contributed by atoms with E-state index in [0.717, 1.165) is 5.56 Å². The maximum atomic E-state index is 13.4. The van der Waals surface area contributed by atoms with Gasteiger partial charge in [-0.05, 0) is 28.4 Å². The topological polar surface area (TPSA) is 41.5 Å². The number of hydrogen-bond donors (Lipinski definition) is 2. The van der Waals surface area contributed by atoms with Crippen molar-refractivity contribution in [3.8, 4) is 5.75 Å². The third kappa shape index (κ3) is 2.23. The number of phenolic OH excluding ortho intramolecular Hbond substituents is 1.